The Morgan fingerprint density at radius 1 is 0.695 bits per heavy atom. The van der Waals surface area contributed by atoms with Gasteiger partial charge in [-0.2, -0.15) is 0 Å². The molecule has 5 aromatic rings. The van der Waals surface area contributed by atoms with Crippen molar-refractivity contribution in [3.05, 3.63) is 117 Å². The summed E-state index contributed by atoms with van der Waals surface area (Å²) in [6.45, 7) is 10.0. The number of phenols is 3. The number of rotatable bonds is 16. The molecule has 11 bridgehead atoms. The smallest absolute Gasteiger partial charge is 0.330 e. The van der Waals surface area contributed by atoms with Gasteiger partial charge in [0.15, 0.2) is 29.9 Å². The first-order valence-electron chi connectivity index (χ1n) is 33.5. The molecule has 12 rings (SSSR count). The number of primary amides is 1. The van der Waals surface area contributed by atoms with Crippen molar-refractivity contribution in [2.45, 2.75) is 176 Å². The lowest BCUT2D eigenvalue weighted by molar-refractivity contribution is -0.333. The molecular weight excluding hydrogens is 1420 g/mol. The van der Waals surface area contributed by atoms with Crippen LogP contribution in [0, 0.1) is 11.8 Å². The Morgan fingerprint density at radius 2 is 1.30 bits per heavy atom. The molecule has 105 heavy (non-hydrogen) atoms. The van der Waals surface area contributed by atoms with Gasteiger partial charge in [0.05, 0.1) is 41.3 Å². The standard InChI is InChI=1S/C70H83Cl2N9O24/c1-26(2)13-14-75-38(15-27(3)4)62(92)80-53-55(87)30-8-11-42(36(71)17-30)101-44-19-32-20-45(59(44)105-69-60(58(90)57(89)46(25-82)103-69)104-48-24-70(6,74)61(91)28(5)100-48)102-43-12-9-31(18-37(43)72)56(88)54-67(97)79-52(68(98)99)35-21-33(83)22-41(85)49(35)34-16-29(7-10-40(34)84)50(64(94)81-54)78-65(95)51(32)77-63(93)39(23-47(73)86)76-66(53)96/h7-12,16-22,26-28,38-39,46,48,50-58,60-61,69,75,82-85,87-91H,13-15,23-25,74H2,1-6H3,(H2,73,86)(H,76,96)(H,77,93)(H,78,95)(H,79,97)(H,80,92)(H,81,94)(H,98,99)/t28-,38+,39-,46+,48-,50+,51+,52-,53+,54-,55+,56+,57+,58-,60+,61+,69-,70-/m0/s1. The van der Waals surface area contributed by atoms with Crippen molar-refractivity contribution in [2.75, 3.05) is 13.2 Å². The van der Waals surface area contributed by atoms with Crippen LogP contribution in [0.3, 0.4) is 0 Å². The first kappa shape index (κ1) is 78.4. The van der Waals surface area contributed by atoms with E-state index in [1.165, 1.54) is 26.0 Å². The highest BCUT2D eigenvalue weighted by Crippen LogP contribution is 2.50. The van der Waals surface area contributed by atoms with Gasteiger partial charge in [0.25, 0.3) is 0 Å². The normalized spacial score (nSPS) is 28.8. The summed E-state index contributed by atoms with van der Waals surface area (Å²) >= 11 is 14.2. The SMILES string of the molecule is CC(C)CCN[C@H](CC(C)C)C(=O)N[C@H]1C(=O)N[C@@H](CC(N)=O)C(=O)N[C@H]2C(=O)N[C@H]3C(=O)N[C@H](C(=O)N[C@H](C(=O)O)c4cc(O)cc(O)c4-c4cc3ccc4O)[C@H](O)c3ccc(c(Cl)c3)Oc3cc2cc(c3O[C@@H]2O[C@H](CO)[C@@H](O)[C@H](O)[C@H]2O[C@H]2C[C@](C)(N)[C@H](O)[C@H](C)O2)Oc2ccc(cc2Cl)[C@H]1O. The number of amides is 7. The maximum atomic E-state index is 16.1. The van der Waals surface area contributed by atoms with Crippen molar-refractivity contribution < 1.29 is 118 Å². The molecule has 0 spiro atoms. The number of carbonyl (C=O) groups excluding carboxylic acids is 7. The summed E-state index contributed by atoms with van der Waals surface area (Å²) in [5, 5.41) is 132. The van der Waals surface area contributed by atoms with Gasteiger partial charge in [0.1, 0.15) is 89.5 Å². The van der Waals surface area contributed by atoms with E-state index in [1.54, 1.807) is 0 Å². The maximum Gasteiger partial charge on any atom is 0.330 e. The number of nitrogens with one attached hydrogen (secondary N) is 7. The topological polar surface area (TPSA) is 530 Å². The molecule has 0 unspecified atom stereocenters. The lowest BCUT2D eigenvalue weighted by Crippen LogP contribution is -2.64. The molecule has 7 aliphatic rings. The monoisotopic (exact) mass is 1500 g/mol. The summed E-state index contributed by atoms with van der Waals surface area (Å²) in [5.41, 5.74) is 8.08. The third kappa shape index (κ3) is 17.4. The second kappa shape index (κ2) is 32.3. The molecule has 7 amide bonds. The number of phenolic OH excluding ortho intramolecular Hbond substituents is 3. The van der Waals surface area contributed by atoms with Gasteiger partial charge in [-0.3, -0.25) is 33.6 Å². The van der Waals surface area contributed by atoms with Crippen molar-refractivity contribution >= 4 is 70.5 Å². The molecule has 2 saturated heterocycles. The lowest BCUT2D eigenvalue weighted by Gasteiger charge is -2.47. The number of ether oxygens (including phenoxy) is 6. The van der Waals surface area contributed by atoms with Gasteiger partial charge in [-0.25, -0.2) is 4.79 Å². The van der Waals surface area contributed by atoms with E-state index in [1.807, 2.05) is 27.7 Å². The third-order valence-electron chi connectivity index (χ3n) is 18.5. The molecule has 33 nitrogen and oxygen atoms in total. The van der Waals surface area contributed by atoms with Crippen LogP contribution in [0.4, 0.5) is 0 Å². The molecule has 35 heteroatoms. The van der Waals surface area contributed by atoms with Crippen LogP contribution >= 0.6 is 23.2 Å². The zero-order chi connectivity index (χ0) is 76.5. The second-order valence-electron chi connectivity index (χ2n) is 27.6. The Bertz CT molecular complexity index is 4170. The minimum Gasteiger partial charge on any atom is -0.508 e. The zero-order valence-electron chi connectivity index (χ0n) is 57.3. The molecular formula is C70H83Cl2N9O24. The van der Waals surface area contributed by atoms with Gasteiger partial charge in [0.2, 0.25) is 53.4 Å². The first-order chi connectivity index (χ1) is 49.5. The number of aromatic hydroxyl groups is 3. The number of aliphatic hydroxyl groups is 6. The Hall–Kier alpha value is -9.20. The fourth-order valence-corrected chi connectivity index (χ4v) is 13.4. The van der Waals surface area contributed by atoms with Gasteiger partial charge in [-0.1, -0.05) is 69.1 Å². The van der Waals surface area contributed by atoms with Gasteiger partial charge in [0, 0.05) is 34.7 Å². The molecule has 5 aromatic carbocycles. The van der Waals surface area contributed by atoms with E-state index >= 15 is 19.2 Å². The van der Waals surface area contributed by atoms with Crippen molar-refractivity contribution in [1.82, 2.24) is 37.2 Å². The number of nitrogens with two attached hydrogens (primary N) is 2. The fraction of sp³-hybridized carbons (Fsp3) is 0.457. The number of hydrogen-bond acceptors (Lipinski definition) is 25. The number of fused-ring (bicyclic) bond motifs is 15. The number of carbonyl (C=O) groups is 8. The van der Waals surface area contributed by atoms with Crippen molar-refractivity contribution in [3.8, 4) is 57.1 Å². The molecule has 18 atom stereocenters. The van der Waals surface area contributed by atoms with E-state index in [0.29, 0.717) is 13.0 Å². The summed E-state index contributed by atoms with van der Waals surface area (Å²) in [5.74, 6) is -15.7. The number of carboxylic acid groups (broad SMARTS) is 1. The fourth-order valence-electron chi connectivity index (χ4n) is 13.0. The van der Waals surface area contributed by atoms with E-state index in [9.17, 15) is 70.2 Å². The van der Waals surface area contributed by atoms with Crippen LogP contribution in [0.5, 0.6) is 46.0 Å². The van der Waals surface area contributed by atoms with E-state index in [2.05, 4.69) is 37.2 Å². The van der Waals surface area contributed by atoms with E-state index < -0.39 is 237 Å². The number of benzene rings is 5. The molecule has 2 fully saturated rings. The predicted octanol–water partition coefficient (Wildman–Crippen LogP) is 1.52. The summed E-state index contributed by atoms with van der Waals surface area (Å²) in [6.07, 6.45) is -17.9. The van der Waals surface area contributed by atoms with Crippen molar-refractivity contribution in [1.29, 1.82) is 0 Å². The summed E-state index contributed by atoms with van der Waals surface area (Å²) < 4.78 is 38.4. The number of carboxylic acids is 1. The predicted molar refractivity (Wildman–Crippen MR) is 368 cm³/mol. The van der Waals surface area contributed by atoms with Crippen LogP contribution < -0.4 is 62.9 Å². The van der Waals surface area contributed by atoms with Crippen LogP contribution in [0.15, 0.2) is 78.9 Å². The van der Waals surface area contributed by atoms with Crippen molar-refractivity contribution in [2.24, 2.45) is 23.3 Å². The zero-order valence-corrected chi connectivity index (χ0v) is 58.8. The van der Waals surface area contributed by atoms with Gasteiger partial charge >= 0.3 is 5.97 Å². The molecule has 7 aliphatic heterocycles. The molecule has 21 N–H and O–H groups in total. The third-order valence-corrected chi connectivity index (χ3v) is 19.1. The highest BCUT2D eigenvalue weighted by Gasteiger charge is 2.52. The summed E-state index contributed by atoms with van der Waals surface area (Å²) in [6, 6.07) is -0.594. The molecule has 0 aromatic heterocycles. The molecule has 0 aliphatic carbocycles. The highest BCUT2D eigenvalue weighted by molar-refractivity contribution is 6.32. The van der Waals surface area contributed by atoms with Crippen LogP contribution in [-0.2, 0) is 52.6 Å². The number of aliphatic hydroxyl groups excluding tert-OH is 6. The summed E-state index contributed by atoms with van der Waals surface area (Å²) in [4.78, 5) is 118. The second-order valence-corrected chi connectivity index (χ2v) is 28.4. The Morgan fingerprint density at radius 3 is 1.90 bits per heavy atom. The highest BCUT2D eigenvalue weighted by atomic mass is 35.5. The van der Waals surface area contributed by atoms with E-state index in [0.717, 1.165) is 66.7 Å². The lowest BCUT2D eigenvalue weighted by atomic mass is 9.86. The molecule has 0 radical (unpaired) electrons. The number of halogens is 2. The Labute approximate surface area is 609 Å². The van der Waals surface area contributed by atoms with Gasteiger partial charge in [-0.05, 0) is 122 Å². The van der Waals surface area contributed by atoms with Gasteiger partial charge in [-0.15, -0.1) is 0 Å². The average Bonchev–Trinajstić information content (AvgIpc) is 0.767. The quantitative estimate of drug-likeness (QED) is 0.0666. The summed E-state index contributed by atoms with van der Waals surface area (Å²) in [7, 11) is 0. The molecule has 0 saturated carbocycles. The number of hydrogen-bond donors (Lipinski definition) is 19. The minimum absolute atomic E-state index is 0.103. The number of aliphatic carboxylic acids is 1. The van der Waals surface area contributed by atoms with E-state index in [-0.39, 0.29) is 52.1 Å². The maximum absolute atomic E-state index is 16.1. The first-order valence-corrected chi connectivity index (χ1v) is 34.3. The van der Waals surface area contributed by atoms with Crippen LogP contribution in [0.1, 0.15) is 125 Å². The van der Waals surface area contributed by atoms with Crippen LogP contribution in [0.25, 0.3) is 11.1 Å². The molecule has 566 valence electrons. The Balaban J connectivity index is 1.23. The Kier molecular flexibility index (Phi) is 24.1. The average molecular weight is 1510 g/mol. The van der Waals surface area contributed by atoms with Gasteiger partial charge < -0.3 is 128 Å². The largest absolute Gasteiger partial charge is 0.508 e. The van der Waals surface area contributed by atoms with Crippen LogP contribution in [0.2, 0.25) is 10.0 Å². The minimum atomic E-state index is -2.35. The van der Waals surface area contributed by atoms with Crippen LogP contribution in [-0.4, -0.2) is 190 Å². The van der Waals surface area contributed by atoms with Crippen molar-refractivity contribution in [3.63, 3.8) is 0 Å². The molecule has 7 heterocycles. The van der Waals surface area contributed by atoms with E-state index in [4.69, 9.17) is 63.1 Å².